The summed E-state index contributed by atoms with van der Waals surface area (Å²) in [5, 5.41) is 10.1. The molecular formula is C13H18F2O2. The lowest BCUT2D eigenvalue weighted by Crippen LogP contribution is -2.34. The van der Waals surface area contributed by atoms with Crippen LogP contribution in [-0.2, 0) is 4.74 Å². The summed E-state index contributed by atoms with van der Waals surface area (Å²) < 4.78 is 32.7. The summed E-state index contributed by atoms with van der Waals surface area (Å²) in [5.41, 5.74) is -1.07. The summed E-state index contributed by atoms with van der Waals surface area (Å²) in [4.78, 5) is 0. The zero-order valence-electron chi connectivity index (χ0n) is 10.6. The van der Waals surface area contributed by atoms with E-state index in [1.165, 1.54) is 13.0 Å². The highest BCUT2D eigenvalue weighted by Crippen LogP contribution is 2.33. The molecule has 96 valence electrons. The van der Waals surface area contributed by atoms with Crippen molar-refractivity contribution in [1.29, 1.82) is 0 Å². The van der Waals surface area contributed by atoms with Crippen molar-refractivity contribution in [3.8, 4) is 0 Å². The molecule has 0 radical (unpaired) electrons. The van der Waals surface area contributed by atoms with Gasteiger partial charge in [-0.3, -0.25) is 0 Å². The van der Waals surface area contributed by atoms with Gasteiger partial charge < -0.3 is 9.84 Å². The van der Waals surface area contributed by atoms with Gasteiger partial charge in [0.05, 0.1) is 11.2 Å². The normalized spacial score (nSPS) is 13.8. The zero-order valence-corrected chi connectivity index (χ0v) is 10.6. The van der Waals surface area contributed by atoms with Gasteiger partial charge in [-0.1, -0.05) is 6.07 Å². The van der Waals surface area contributed by atoms with E-state index in [2.05, 4.69) is 0 Å². The van der Waals surface area contributed by atoms with E-state index in [-0.39, 0.29) is 5.56 Å². The first kappa shape index (κ1) is 14.1. The SMILES string of the molecule is CCOC(C)(C)C(O)c1c(F)ccc(C)c1F. The minimum Gasteiger partial charge on any atom is -0.385 e. The number of hydrogen-bond acceptors (Lipinski definition) is 2. The summed E-state index contributed by atoms with van der Waals surface area (Å²) in [6.45, 7) is 6.85. The zero-order chi connectivity index (χ0) is 13.2. The number of aliphatic hydroxyl groups excluding tert-OH is 1. The van der Waals surface area contributed by atoms with E-state index in [0.29, 0.717) is 12.2 Å². The number of aryl methyl sites for hydroxylation is 1. The molecule has 0 saturated carbocycles. The van der Waals surface area contributed by atoms with Crippen molar-refractivity contribution in [2.45, 2.75) is 39.4 Å². The van der Waals surface area contributed by atoms with E-state index in [0.717, 1.165) is 6.07 Å². The van der Waals surface area contributed by atoms with Crippen molar-refractivity contribution in [3.05, 3.63) is 34.9 Å². The fourth-order valence-electron chi connectivity index (χ4n) is 1.73. The highest BCUT2D eigenvalue weighted by molar-refractivity contribution is 5.29. The lowest BCUT2D eigenvalue weighted by molar-refractivity contribution is -0.101. The van der Waals surface area contributed by atoms with Crippen LogP contribution in [0.15, 0.2) is 12.1 Å². The van der Waals surface area contributed by atoms with Crippen LogP contribution in [0, 0.1) is 18.6 Å². The number of halogens is 2. The maximum Gasteiger partial charge on any atom is 0.134 e. The van der Waals surface area contributed by atoms with Crippen LogP contribution >= 0.6 is 0 Å². The Balaban J connectivity index is 3.20. The molecule has 0 spiro atoms. The molecule has 1 unspecified atom stereocenters. The maximum absolute atomic E-state index is 13.8. The predicted octanol–water partition coefficient (Wildman–Crippen LogP) is 3.12. The molecule has 0 aliphatic heterocycles. The molecule has 0 heterocycles. The molecule has 0 bridgehead atoms. The molecule has 1 atom stereocenters. The van der Waals surface area contributed by atoms with Gasteiger partial charge in [0.25, 0.3) is 0 Å². The molecule has 0 aliphatic carbocycles. The molecule has 1 N–H and O–H groups in total. The van der Waals surface area contributed by atoms with Crippen molar-refractivity contribution in [1.82, 2.24) is 0 Å². The monoisotopic (exact) mass is 244 g/mol. The van der Waals surface area contributed by atoms with Gasteiger partial charge in [0.2, 0.25) is 0 Å². The van der Waals surface area contributed by atoms with Gasteiger partial charge in [-0.2, -0.15) is 0 Å². The van der Waals surface area contributed by atoms with E-state index in [1.807, 2.05) is 0 Å². The van der Waals surface area contributed by atoms with Crippen LogP contribution < -0.4 is 0 Å². The van der Waals surface area contributed by atoms with Gasteiger partial charge in [0, 0.05) is 6.61 Å². The second kappa shape index (κ2) is 5.10. The molecule has 1 aromatic carbocycles. The van der Waals surface area contributed by atoms with Crippen LogP contribution in [0.3, 0.4) is 0 Å². The summed E-state index contributed by atoms with van der Waals surface area (Å²) in [6, 6.07) is 2.49. The van der Waals surface area contributed by atoms with Gasteiger partial charge in [-0.25, -0.2) is 8.78 Å². The summed E-state index contributed by atoms with van der Waals surface area (Å²) in [6.07, 6.45) is -1.35. The van der Waals surface area contributed by atoms with E-state index in [9.17, 15) is 13.9 Å². The Kier molecular flexibility index (Phi) is 4.22. The van der Waals surface area contributed by atoms with Gasteiger partial charge in [0.15, 0.2) is 0 Å². The molecule has 0 fully saturated rings. The Hall–Kier alpha value is -1.00. The molecule has 17 heavy (non-hydrogen) atoms. The van der Waals surface area contributed by atoms with E-state index >= 15 is 0 Å². The van der Waals surface area contributed by atoms with Crippen LogP contribution in [0.5, 0.6) is 0 Å². The third-order valence-electron chi connectivity index (χ3n) is 2.77. The molecule has 2 nitrogen and oxygen atoms in total. The fourth-order valence-corrected chi connectivity index (χ4v) is 1.73. The second-order valence-electron chi connectivity index (χ2n) is 4.53. The van der Waals surface area contributed by atoms with E-state index in [4.69, 9.17) is 4.74 Å². The summed E-state index contributed by atoms with van der Waals surface area (Å²) in [5.74, 6) is -1.47. The third kappa shape index (κ3) is 2.82. The Bertz CT molecular complexity index is 403. The molecule has 0 amide bonds. The Labute approximate surface area is 100 Å². The van der Waals surface area contributed by atoms with Crippen molar-refractivity contribution < 1.29 is 18.6 Å². The van der Waals surface area contributed by atoms with Crippen molar-refractivity contribution >= 4 is 0 Å². The number of benzene rings is 1. The van der Waals surface area contributed by atoms with Gasteiger partial charge in [0.1, 0.15) is 17.7 Å². The molecule has 1 rings (SSSR count). The highest BCUT2D eigenvalue weighted by atomic mass is 19.1. The first-order valence-corrected chi connectivity index (χ1v) is 5.57. The first-order chi connectivity index (χ1) is 7.81. The van der Waals surface area contributed by atoms with Crippen LogP contribution in [0.25, 0.3) is 0 Å². The molecule has 0 saturated heterocycles. The Morgan fingerprint density at radius 3 is 2.47 bits per heavy atom. The molecule has 0 aromatic heterocycles. The first-order valence-electron chi connectivity index (χ1n) is 5.57. The Morgan fingerprint density at radius 1 is 1.35 bits per heavy atom. The van der Waals surface area contributed by atoms with E-state index < -0.39 is 23.3 Å². The summed E-state index contributed by atoms with van der Waals surface area (Å²) in [7, 11) is 0. The number of rotatable bonds is 4. The summed E-state index contributed by atoms with van der Waals surface area (Å²) >= 11 is 0. The van der Waals surface area contributed by atoms with Crippen LogP contribution in [0.2, 0.25) is 0 Å². The minimum atomic E-state index is -1.35. The molecular weight excluding hydrogens is 226 g/mol. The average molecular weight is 244 g/mol. The van der Waals surface area contributed by atoms with Crippen molar-refractivity contribution in [3.63, 3.8) is 0 Å². The molecule has 4 heteroatoms. The lowest BCUT2D eigenvalue weighted by Gasteiger charge is -2.31. The maximum atomic E-state index is 13.8. The third-order valence-corrected chi connectivity index (χ3v) is 2.77. The highest BCUT2D eigenvalue weighted by Gasteiger charge is 2.34. The quantitative estimate of drug-likeness (QED) is 0.881. The van der Waals surface area contributed by atoms with Crippen LogP contribution in [0.4, 0.5) is 8.78 Å². The topological polar surface area (TPSA) is 29.5 Å². The van der Waals surface area contributed by atoms with Gasteiger partial charge in [-0.05, 0) is 39.3 Å². The fraction of sp³-hybridized carbons (Fsp3) is 0.538. The minimum absolute atomic E-state index is 0.299. The smallest absolute Gasteiger partial charge is 0.134 e. The standard InChI is InChI=1S/C13H18F2O2/c1-5-17-13(3,4)12(16)10-9(14)7-6-8(2)11(10)15/h6-7,12,16H,5H2,1-4H3. The van der Waals surface area contributed by atoms with Gasteiger partial charge >= 0.3 is 0 Å². The number of ether oxygens (including phenoxy) is 1. The Morgan fingerprint density at radius 2 is 1.94 bits per heavy atom. The molecule has 1 aromatic rings. The van der Waals surface area contributed by atoms with E-state index in [1.54, 1.807) is 20.8 Å². The van der Waals surface area contributed by atoms with Gasteiger partial charge in [-0.15, -0.1) is 0 Å². The van der Waals surface area contributed by atoms with Crippen LogP contribution in [-0.4, -0.2) is 17.3 Å². The second-order valence-corrected chi connectivity index (χ2v) is 4.53. The largest absolute Gasteiger partial charge is 0.385 e. The van der Waals surface area contributed by atoms with Crippen molar-refractivity contribution in [2.75, 3.05) is 6.61 Å². The number of hydrogen-bond donors (Lipinski definition) is 1. The molecule has 0 aliphatic rings. The lowest BCUT2D eigenvalue weighted by atomic mass is 9.92. The number of aliphatic hydroxyl groups is 1. The van der Waals surface area contributed by atoms with Crippen molar-refractivity contribution in [2.24, 2.45) is 0 Å². The average Bonchev–Trinajstić information content (AvgIpc) is 2.24. The van der Waals surface area contributed by atoms with Crippen LogP contribution in [0.1, 0.15) is 38.0 Å². The predicted molar refractivity (Wildman–Crippen MR) is 61.8 cm³/mol.